The molecule has 18 heavy (non-hydrogen) atoms. The van der Waals surface area contributed by atoms with E-state index < -0.39 is 43.3 Å². The molecule has 1 aliphatic rings. The highest BCUT2D eigenvalue weighted by molar-refractivity contribution is 7.93. The lowest BCUT2D eigenvalue weighted by atomic mass is 9.99. The van der Waals surface area contributed by atoms with Gasteiger partial charge in [0.25, 0.3) is 0 Å². The van der Waals surface area contributed by atoms with Gasteiger partial charge in [0.05, 0.1) is 17.4 Å². The van der Waals surface area contributed by atoms with Gasteiger partial charge in [-0.25, -0.2) is 21.1 Å². The molecule has 1 heterocycles. The number of aliphatic carboxylic acids is 1. The van der Waals surface area contributed by atoms with Crippen LogP contribution in [0.1, 0.15) is 12.8 Å². The van der Waals surface area contributed by atoms with Gasteiger partial charge in [-0.05, 0) is 12.8 Å². The zero-order valence-electron chi connectivity index (χ0n) is 10.1. The Hall–Kier alpha value is -0.670. The number of hydrogen-bond acceptors (Lipinski definition) is 5. The van der Waals surface area contributed by atoms with E-state index in [1.807, 2.05) is 0 Å². The largest absolute Gasteiger partial charge is 0.481 e. The molecule has 1 saturated heterocycles. The van der Waals surface area contributed by atoms with Crippen LogP contribution in [-0.2, 0) is 24.7 Å². The molecule has 0 amide bonds. The van der Waals surface area contributed by atoms with Crippen molar-refractivity contribution in [1.29, 1.82) is 0 Å². The number of piperidine rings is 1. The number of hydrogen-bond donors (Lipinski definition) is 1. The van der Waals surface area contributed by atoms with Gasteiger partial charge in [-0.15, -0.1) is 0 Å². The molecule has 1 aliphatic heterocycles. The molecule has 0 saturated carbocycles. The Morgan fingerprint density at radius 2 is 1.67 bits per heavy atom. The molecule has 0 aromatic rings. The van der Waals surface area contributed by atoms with Gasteiger partial charge in [0, 0.05) is 19.3 Å². The number of sulfone groups is 1. The van der Waals surface area contributed by atoms with E-state index in [9.17, 15) is 21.6 Å². The molecule has 106 valence electrons. The van der Waals surface area contributed by atoms with Gasteiger partial charge in [-0.2, -0.15) is 0 Å². The molecule has 1 N–H and O–H groups in total. The third-order valence-electron chi connectivity index (χ3n) is 2.91. The summed E-state index contributed by atoms with van der Waals surface area (Å²) in [5.74, 6) is -2.27. The second kappa shape index (κ2) is 5.54. The van der Waals surface area contributed by atoms with Gasteiger partial charge in [0.2, 0.25) is 10.0 Å². The standard InChI is InChI=1S/C9H17NO6S2/c1-17(13,14)6-7-18(15,16)10-4-2-8(3-5-10)9(11)12/h8H,2-7H2,1H3,(H,11,12). The minimum atomic E-state index is -3.60. The maximum atomic E-state index is 11.8. The summed E-state index contributed by atoms with van der Waals surface area (Å²) in [5, 5.41) is 8.79. The van der Waals surface area contributed by atoms with Gasteiger partial charge >= 0.3 is 5.97 Å². The molecule has 0 unspecified atom stereocenters. The zero-order chi connectivity index (χ0) is 14.0. The number of carboxylic acids is 1. The fourth-order valence-electron chi connectivity index (χ4n) is 1.77. The van der Waals surface area contributed by atoms with E-state index in [4.69, 9.17) is 5.11 Å². The third-order valence-corrected chi connectivity index (χ3v) is 5.98. The number of nitrogens with zero attached hydrogens (tertiary/aromatic N) is 1. The highest BCUT2D eigenvalue weighted by Gasteiger charge is 2.31. The minimum Gasteiger partial charge on any atom is -0.481 e. The molecular formula is C9H17NO6S2. The maximum absolute atomic E-state index is 11.8. The van der Waals surface area contributed by atoms with Crippen LogP contribution in [0.5, 0.6) is 0 Å². The average molecular weight is 299 g/mol. The Bertz CT molecular complexity index is 501. The first-order chi connectivity index (χ1) is 8.12. The molecule has 9 heteroatoms. The van der Waals surface area contributed by atoms with E-state index in [2.05, 4.69) is 0 Å². The Kier molecular flexibility index (Phi) is 4.73. The van der Waals surface area contributed by atoms with Crippen LogP contribution in [0, 0.1) is 5.92 Å². The van der Waals surface area contributed by atoms with Crippen LogP contribution in [0.3, 0.4) is 0 Å². The first-order valence-corrected chi connectivity index (χ1v) is 9.17. The van der Waals surface area contributed by atoms with Gasteiger partial charge in [0.15, 0.2) is 0 Å². The average Bonchev–Trinajstić information content (AvgIpc) is 2.26. The third kappa shape index (κ3) is 4.54. The SMILES string of the molecule is CS(=O)(=O)CCS(=O)(=O)N1CCC(C(=O)O)CC1. The van der Waals surface area contributed by atoms with Crippen LogP contribution in [0.2, 0.25) is 0 Å². The molecule has 0 spiro atoms. The van der Waals surface area contributed by atoms with Crippen molar-refractivity contribution >= 4 is 25.8 Å². The number of sulfonamides is 1. The van der Waals surface area contributed by atoms with Crippen LogP contribution in [-0.4, -0.2) is 63.1 Å². The van der Waals surface area contributed by atoms with Crippen molar-refractivity contribution in [2.75, 3.05) is 30.9 Å². The summed E-state index contributed by atoms with van der Waals surface area (Å²) in [6.45, 7) is 0.284. The van der Waals surface area contributed by atoms with Gasteiger partial charge in [-0.3, -0.25) is 4.79 Å². The summed E-state index contributed by atoms with van der Waals surface area (Å²) in [6, 6.07) is 0. The van der Waals surface area contributed by atoms with Crippen LogP contribution in [0.4, 0.5) is 0 Å². The highest BCUT2D eigenvalue weighted by atomic mass is 32.2. The molecule has 0 radical (unpaired) electrons. The van der Waals surface area contributed by atoms with Crippen molar-refractivity contribution in [2.45, 2.75) is 12.8 Å². The summed E-state index contributed by atoms with van der Waals surface area (Å²) in [4.78, 5) is 10.7. The van der Waals surface area contributed by atoms with E-state index in [1.165, 1.54) is 4.31 Å². The summed E-state index contributed by atoms with van der Waals surface area (Å²) in [7, 11) is -6.92. The maximum Gasteiger partial charge on any atom is 0.306 e. The predicted octanol–water partition coefficient (Wildman–Crippen LogP) is -0.843. The molecule has 0 aliphatic carbocycles. The first-order valence-electron chi connectivity index (χ1n) is 5.50. The van der Waals surface area contributed by atoms with E-state index in [0.717, 1.165) is 6.26 Å². The second-order valence-corrected chi connectivity index (χ2v) is 8.81. The lowest BCUT2D eigenvalue weighted by Crippen LogP contribution is -2.42. The highest BCUT2D eigenvalue weighted by Crippen LogP contribution is 2.20. The normalized spacial score (nSPS) is 19.8. The zero-order valence-corrected chi connectivity index (χ0v) is 11.7. The molecule has 0 atom stereocenters. The molecular weight excluding hydrogens is 282 g/mol. The Balaban J connectivity index is 2.58. The lowest BCUT2D eigenvalue weighted by molar-refractivity contribution is -0.142. The van der Waals surface area contributed by atoms with E-state index in [-0.39, 0.29) is 25.9 Å². The second-order valence-electron chi connectivity index (χ2n) is 4.46. The lowest BCUT2D eigenvalue weighted by Gasteiger charge is -2.29. The molecule has 0 aromatic carbocycles. The summed E-state index contributed by atoms with van der Waals surface area (Å²) >= 11 is 0. The van der Waals surface area contributed by atoms with Gasteiger partial charge in [0.1, 0.15) is 9.84 Å². The predicted molar refractivity (Wildman–Crippen MR) is 65.4 cm³/mol. The van der Waals surface area contributed by atoms with Crippen LogP contribution < -0.4 is 0 Å². The first kappa shape index (κ1) is 15.4. The van der Waals surface area contributed by atoms with Crippen molar-refractivity contribution < 1.29 is 26.7 Å². The van der Waals surface area contributed by atoms with Crippen molar-refractivity contribution in [1.82, 2.24) is 4.31 Å². The Labute approximate surface area is 107 Å². The van der Waals surface area contributed by atoms with E-state index in [1.54, 1.807) is 0 Å². The number of rotatable bonds is 5. The van der Waals surface area contributed by atoms with Gasteiger partial charge in [-0.1, -0.05) is 0 Å². The van der Waals surface area contributed by atoms with E-state index >= 15 is 0 Å². The van der Waals surface area contributed by atoms with Crippen molar-refractivity contribution in [3.05, 3.63) is 0 Å². The topological polar surface area (TPSA) is 109 Å². The quantitative estimate of drug-likeness (QED) is 0.709. The molecule has 0 bridgehead atoms. The fourth-order valence-corrected chi connectivity index (χ4v) is 4.85. The molecule has 7 nitrogen and oxygen atoms in total. The summed E-state index contributed by atoms with van der Waals surface area (Å²) < 4.78 is 46.7. The summed E-state index contributed by atoms with van der Waals surface area (Å²) in [6.07, 6.45) is 1.53. The molecule has 1 fully saturated rings. The molecule has 1 rings (SSSR count). The smallest absolute Gasteiger partial charge is 0.306 e. The minimum absolute atomic E-state index is 0.142. The number of carboxylic acid groups (broad SMARTS) is 1. The monoisotopic (exact) mass is 299 g/mol. The van der Waals surface area contributed by atoms with Crippen LogP contribution in [0.25, 0.3) is 0 Å². The molecule has 0 aromatic heterocycles. The van der Waals surface area contributed by atoms with Crippen molar-refractivity contribution in [2.24, 2.45) is 5.92 Å². The van der Waals surface area contributed by atoms with E-state index in [0.29, 0.717) is 0 Å². The number of carbonyl (C=O) groups is 1. The fraction of sp³-hybridized carbons (Fsp3) is 0.889. The summed E-state index contributed by atoms with van der Waals surface area (Å²) in [5.41, 5.74) is 0. The van der Waals surface area contributed by atoms with Crippen LogP contribution in [0.15, 0.2) is 0 Å². The van der Waals surface area contributed by atoms with Crippen LogP contribution >= 0.6 is 0 Å². The Morgan fingerprint density at radius 1 is 1.17 bits per heavy atom. The van der Waals surface area contributed by atoms with Crippen molar-refractivity contribution in [3.63, 3.8) is 0 Å². The Morgan fingerprint density at radius 3 is 2.06 bits per heavy atom. The van der Waals surface area contributed by atoms with Gasteiger partial charge < -0.3 is 5.11 Å². The van der Waals surface area contributed by atoms with Crippen molar-refractivity contribution in [3.8, 4) is 0 Å².